The van der Waals surface area contributed by atoms with E-state index < -0.39 is 0 Å². The van der Waals surface area contributed by atoms with Crippen molar-refractivity contribution in [2.45, 2.75) is 32.7 Å². The van der Waals surface area contributed by atoms with Crippen molar-refractivity contribution in [3.63, 3.8) is 0 Å². The van der Waals surface area contributed by atoms with Crippen molar-refractivity contribution >= 4 is 0 Å². The largest absolute Gasteiger partial charge is 0.259 e. The fourth-order valence-corrected chi connectivity index (χ4v) is 2.82. The Balaban J connectivity index is 1.59. The predicted molar refractivity (Wildman–Crippen MR) is 101 cm³/mol. The number of unbranched alkanes of at least 4 members (excludes halogenated alkanes) is 1. The molecule has 0 aliphatic heterocycles. The molecular formula is C19H20N8. The van der Waals surface area contributed by atoms with E-state index in [2.05, 4.69) is 32.5 Å². The van der Waals surface area contributed by atoms with Crippen LogP contribution in [0.2, 0.25) is 0 Å². The molecule has 0 fully saturated rings. The van der Waals surface area contributed by atoms with Gasteiger partial charge in [0.1, 0.15) is 5.82 Å². The lowest BCUT2D eigenvalue weighted by Crippen LogP contribution is -2.08. The molecule has 8 heteroatoms. The lowest BCUT2D eigenvalue weighted by atomic mass is 10.2. The lowest BCUT2D eigenvalue weighted by molar-refractivity contribution is 0.610. The number of H-pyrrole nitrogens is 1. The van der Waals surface area contributed by atoms with Crippen LogP contribution in [0.5, 0.6) is 0 Å². The maximum absolute atomic E-state index is 4.76. The van der Waals surface area contributed by atoms with Crippen molar-refractivity contribution in [2.75, 3.05) is 0 Å². The van der Waals surface area contributed by atoms with E-state index in [9.17, 15) is 0 Å². The Morgan fingerprint density at radius 3 is 2.63 bits per heavy atom. The van der Waals surface area contributed by atoms with E-state index in [4.69, 9.17) is 10.1 Å². The van der Waals surface area contributed by atoms with Crippen molar-refractivity contribution < 1.29 is 0 Å². The van der Waals surface area contributed by atoms with Crippen LogP contribution >= 0.6 is 0 Å². The number of aryl methyl sites for hydroxylation is 1. The fourth-order valence-electron chi connectivity index (χ4n) is 2.82. The van der Waals surface area contributed by atoms with E-state index in [1.807, 2.05) is 47.1 Å². The van der Waals surface area contributed by atoms with Gasteiger partial charge in [-0.1, -0.05) is 43.7 Å². The van der Waals surface area contributed by atoms with Crippen LogP contribution in [-0.4, -0.2) is 40.4 Å². The van der Waals surface area contributed by atoms with Gasteiger partial charge in [-0.2, -0.15) is 5.10 Å². The SMILES string of the molecule is CCCCc1nc(-c2ccccc2)nn1Cc1ccc(-c2nnn[nH]2)cn1. The summed E-state index contributed by atoms with van der Waals surface area (Å²) in [5.41, 5.74) is 2.78. The Hall–Kier alpha value is -3.42. The normalized spacial score (nSPS) is 11.0. The van der Waals surface area contributed by atoms with Crippen molar-refractivity contribution in [3.8, 4) is 22.8 Å². The molecule has 0 aliphatic rings. The highest BCUT2D eigenvalue weighted by Gasteiger charge is 2.12. The minimum Gasteiger partial charge on any atom is -0.259 e. The van der Waals surface area contributed by atoms with E-state index in [1.54, 1.807) is 6.20 Å². The van der Waals surface area contributed by atoms with Gasteiger partial charge in [0, 0.05) is 23.7 Å². The Labute approximate surface area is 156 Å². The van der Waals surface area contributed by atoms with Gasteiger partial charge in [-0.3, -0.25) is 4.98 Å². The molecule has 0 amide bonds. The van der Waals surface area contributed by atoms with Crippen LogP contribution in [-0.2, 0) is 13.0 Å². The van der Waals surface area contributed by atoms with Gasteiger partial charge in [0.25, 0.3) is 0 Å². The number of aromatic nitrogens is 8. The number of hydrogen-bond acceptors (Lipinski definition) is 6. The molecule has 0 unspecified atom stereocenters. The first kappa shape index (κ1) is 17.0. The molecule has 1 N–H and O–H groups in total. The third-order valence-corrected chi connectivity index (χ3v) is 4.29. The Morgan fingerprint density at radius 2 is 1.93 bits per heavy atom. The molecule has 0 spiro atoms. The Bertz CT molecular complexity index is 974. The number of pyridine rings is 1. The number of benzene rings is 1. The first-order valence-electron chi connectivity index (χ1n) is 9.01. The van der Waals surface area contributed by atoms with E-state index in [0.717, 1.165) is 47.7 Å². The van der Waals surface area contributed by atoms with E-state index in [-0.39, 0.29) is 0 Å². The van der Waals surface area contributed by atoms with Gasteiger partial charge in [-0.05, 0) is 29.0 Å². The first-order chi connectivity index (χ1) is 13.3. The molecule has 27 heavy (non-hydrogen) atoms. The van der Waals surface area contributed by atoms with Gasteiger partial charge in [0.2, 0.25) is 0 Å². The number of hydrogen-bond donors (Lipinski definition) is 1. The van der Waals surface area contributed by atoms with Crippen LogP contribution in [0.4, 0.5) is 0 Å². The van der Waals surface area contributed by atoms with Crippen LogP contribution in [0.25, 0.3) is 22.8 Å². The molecule has 0 aliphatic carbocycles. The molecule has 136 valence electrons. The van der Waals surface area contributed by atoms with Crippen molar-refractivity contribution in [1.82, 2.24) is 40.4 Å². The topological polar surface area (TPSA) is 98.1 Å². The molecule has 0 atom stereocenters. The molecule has 4 rings (SSSR count). The molecule has 3 aromatic heterocycles. The zero-order chi connectivity index (χ0) is 18.5. The summed E-state index contributed by atoms with van der Waals surface area (Å²) in [6.45, 7) is 2.76. The number of nitrogens with one attached hydrogen (secondary N) is 1. The third-order valence-electron chi connectivity index (χ3n) is 4.29. The summed E-state index contributed by atoms with van der Waals surface area (Å²) >= 11 is 0. The van der Waals surface area contributed by atoms with Crippen LogP contribution in [0.1, 0.15) is 31.3 Å². The average Bonchev–Trinajstić information content (AvgIpc) is 3.38. The van der Waals surface area contributed by atoms with Gasteiger partial charge in [-0.15, -0.1) is 5.10 Å². The average molecular weight is 360 g/mol. The smallest absolute Gasteiger partial charge is 0.181 e. The van der Waals surface area contributed by atoms with E-state index in [0.29, 0.717) is 12.4 Å². The minimum absolute atomic E-state index is 0.577. The summed E-state index contributed by atoms with van der Waals surface area (Å²) in [6, 6.07) is 14.0. The van der Waals surface area contributed by atoms with E-state index >= 15 is 0 Å². The summed E-state index contributed by atoms with van der Waals surface area (Å²) in [6.07, 6.45) is 4.86. The number of tetrazole rings is 1. The van der Waals surface area contributed by atoms with Gasteiger partial charge >= 0.3 is 0 Å². The van der Waals surface area contributed by atoms with Crippen LogP contribution in [0.3, 0.4) is 0 Å². The lowest BCUT2D eigenvalue weighted by Gasteiger charge is -2.05. The molecule has 3 heterocycles. The highest BCUT2D eigenvalue weighted by Crippen LogP contribution is 2.18. The van der Waals surface area contributed by atoms with Crippen molar-refractivity contribution in [2.24, 2.45) is 0 Å². The summed E-state index contributed by atoms with van der Waals surface area (Å²) in [5, 5.41) is 18.5. The zero-order valence-electron chi connectivity index (χ0n) is 15.1. The summed E-state index contributed by atoms with van der Waals surface area (Å²) in [7, 11) is 0. The Morgan fingerprint density at radius 1 is 1.04 bits per heavy atom. The quantitative estimate of drug-likeness (QED) is 0.544. The number of aromatic amines is 1. The second-order valence-electron chi connectivity index (χ2n) is 6.27. The standard InChI is InChI=1S/C19H20N8/c1-2-3-9-17-21-18(14-7-5-4-6-8-14)24-27(17)13-16-11-10-15(12-20-16)19-22-25-26-23-19/h4-8,10-12H,2-3,9,13H2,1H3,(H,22,23,25,26). The van der Waals surface area contributed by atoms with Gasteiger partial charge in [-0.25, -0.2) is 14.8 Å². The summed E-state index contributed by atoms with van der Waals surface area (Å²) in [5.74, 6) is 2.34. The van der Waals surface area contributed by atoms with Crippen molar-refractivity contribution in [3.05, 3.63) is 60.2 Å². The highest BCUT2D eigenvalue weighted by atomic mass is 15.5. The van der Waals surface area contributed by atoms with E-state index in [1.165, 1.54) is 0 Å². The molecule has 8 nitrogen and oxygen atoms in total. The molecule has 4 aromatic rings. The first-order valence-corrected chi connectivity index (χ1v) is 9.01. The van der Waals surface area contributed by atoms with Crippen molar-refractivity contribution in [1.29, 1.82) is 0 Å². The van der Waals surface area contributed by atoms with Crippen LogP contribution in [0, 0.1) is 0 Å². The number of rotatable bonds is 7. The minimum atomic E-state index is 0.577. The Kier molecular flexibility index (Phi) is 4.95. The molecule has 0 saturated carbocycles. The fraction of sp³-hybridized carbons (Fsp3) is 0.263. The molecule has 0 bridgehead atoms. The second kappa shape index (κ2) is 7.86. The molecule has 0 saturated heterocycles. The summed E-state index contributed by atoms with van der Waals surface area (Å²) in [4.78, 5) is 9.29. The zero-order valence-corrected chi connectivity index (χ0v) is 15.1. The second-order valence-corrected chi connectivity index (χ2v) is 6.27. The van der Waals surface area contributed by atoms with Crippen LogP contribution < -0.4 is 0 Å². The predicted octanol–water partition coefficient (Wildman–Crippen LogP) is 2.91. The molecular weight excluding hydrogens is 340 g/mol. The molecule has 1 aromatic carbocycles. The van der Waals surface area contributed by atoms with Gasteiger partial charge in [0.15, 0.2) is 11.6 Å². The van der Waals surface area contributed by atoms with Crippen LogP contribution in [0.15, 0.2) is 48.7 Å². The molecule has 0 radical (unpaired) electrons. The maximum Gasteiger partial charge on any atom is 0.181 e. The summed E-state index contributed by atoms with van der Waals surface area (Å²) < 4.78 is 1.95. The van der Waals surface area contributed by atoms with Gasteiger partial charge in [0.05, 0.1) is 12.2 Å². The maximum atomic E-state index is 4.76. The monoisotopic (exact) mass is 360 g/mol. The number of nitrogens with zero attached hydrogens (tertiary/aromatic N) is 7. The third kappa shape index (κ3) is 3.89. The highest BCUT2D eigenvalue weighted by molar-refractivity contribution is 5.54. The van der Waals surface area contributed by atoms with Gasteiger partial charge < -0.3 is 0 Å².